The molecule has 5 heteroatoms. The van der Waals surface area contributed by atoms with Gasteiger partial charge in [0.1, 0.15) is 11.7 Å². The molecule has 0 saturated heterocycles. The van der Waals surface area contributed by atoms with E-state index in [9.17, 15) is 9.59 Å². The van der Waals surface area contributed by atoms with Crippen molar-refractivity contribution >= 4 is 16.9 Å². The molecule has 0 saturated carbocycles. The highest BCUT2D eigenvalue weighted by molar-refractivity contribution is 5.69. The maximum atomic E-state index is 10.9. The van der Waals surface area contributed by atoms with E-state index in [2.05, 4.69) is 6.92 Å². The minimum atomic E-state index is -0.374. The van der Waals surface area contributed by atoms with E-state index in [0.29, 0.717) is 23.0 Å². The molecule has 1 aromatic carbocycles. The first-order chi connectivity index (χ1) is 10.5. The van der Waals surface area contributed by atoms with Crippen LogP contribution in [0, 0.1) is 11.3 Å². The number of unbranched alkanes of at least 4 members (excludes halogenated alkanes) is 1. The van der Waals surface area contributed by atoms with Crippen molar-refractivity contribution in [3.8, 4) is 6.07 Å². The number of carbonyl (C=O) groups is 1. The number of fused-ring (bicyclic) bond motifs is 3. The van der Waals surface area contributed by atoms with Crippen LogP contribution in [0.1, 0.15) is 52.0 Å². The molecule has 0 N–H and O–H groups in total. The Balaban J connectivity index is 0.000000220. The van der Waals surface area contributed by atoms with Gasteiger partial charge in [-0.15, -0.1) is 0 Å². The SMILES string of the molecule is CCCCC(=O)OC(C)CC.N#Cc1cc2ccc1oc2=O. The summed E-state index contributed by atoms with van der Waals surface area (Å²) in [6.07, 6.45) is 3.54. The monoisotopic (exact) mass is 303 g/mol. The molecule has 1 unspecified atom stereocenters. The summed E-state index contributed by atoms with van der Waals surface area (Å²) >= 11 is 0. The van der Waals surface area contributed by atoms with Crippen molar-refractivity contribution in [2.24, 2.45) is 0 Å². The maximum Gasteiger partial charge on any atom is 0.343 e. The number of hydrogen-bond donors (Lipinski definition) is 0. The fourth-order valence-corrected chi connectivity index (χ4v) is 1.68. The Kier molecular flexibility index (Phi) is 7.11. The highest BCUT2D eigenvalue weighted by atomic mass is 16.5. The zero-order valence-electron chi connectivity index (χ0n) is 13.2. The zero-order valence-corrected chi connectivity index (χ0v) is 13.2. The van der Waals surface area contributed by atoms with E-state index in [4.69, 9.17) is 14.4 Å². The van der Waals surface area contributed by atoms with Crippen molar-refractivity contribution in [2.45, 2.75) is 52.6 Å². The standard InChI is InChI=1S/C9H18O2.C8H3NO2/c1-4-6-7-9(10)11-8(3)5-2;9-4-6-3-5-1-2-7(6)11-8(5)10/h8H,4-7H2,1-3H3;1-3H. The maximum absolute atomic E-state index is 10.9. The minimum Gasteiger partial charge on any atom is -0.463 e. The van der Waals surface area contributed by atoms with E-state index in [1.165, 1.54) is 6.07 Å². The summed E-state index contributed by atoms with van der Waals surface area (Å²) in [5.74, 6) is -0.0544. The van der Waals surface area contributed by atoms with E-state index < -0.39 is 0 Å². The molecule has 3 rings (SSSR count). The second kappa shape index (κ2) is 8.83. The predicted molar refractivity (Wildman–Crippen MR) is 83.8 cm³/mol. The summed E-state index contributed by atoms with van der Waals surface area (Å²) in [4.78, 5) is 21.8. The van der Waals surface area contributed by atoms with Gasteiger partial charge in [0.2, 0.25) is 0 Å². The summed E-state index contributed by atoms with van der Waals surface area (Å²) in [5.41, 5.74) is 0.399. The molecule has 0 radical (unpaired) electrons. The predicted octanol–water partition coefficient (Wildman–Crippen LogP) is 3.62. The average molecular weight is 303 g/mol. The van der Waals surface area contributed by atoms with Crippen molar-refractivity contribution in [3.05, 3.63) is 34.2 Å². The van der Waals surface area contributed by atoms with Crippen LogP contribution in [0.4, 0.5) is 0 Å². The van der Waals surface area contributed by atoms with Crippen molar-refractivity contribution in [1.29, 1.82) is 5.26 Å². The van der Waals surface area contributed by atoms with Crippen LogP contribution in [-0.2, 0) is 9.53 Å². The molecule has 5 nitrogen and oxygen atoms in total. The third kappa shape index (κ3) is 5.21. The summed E-state index contributed by atoms with van der Waals surface area (Å²) in [7, 11) is 0. The van der Waals surface area contributed by atoms with Crippen LogP contribution in [0.15, 0.2) is 27.4 Å². The molecule has 1 atom stereocenters. The van der Waals surface area contributed by atoms with E-state index in [0.717, 1.165) is 19.3 Å². The fraction of sp³-hybridized carbons (Fsp3) is 0.471. The topological polar surface area (TPSA) is 80.3 Å². The molecule has 2 heterocycles. The van der Waals surface area contributed by atoms with Gasteiger partial charge in [-0.1, -0.05) is 20.3 Å². The zero-order chi connectivity index (χ0) is 16.5. The molecule has 2 aromatic heterocycles. The van der Waals surface area contributed by atoms with Crippen LogP contribution in [0.5, 0.6) is 0 Å². The minimum absolute atomic E-state index is 0.0544. The third-order valence-corrected chi connectivity index (χ3v) is 3.18. The third-order valence-electron chi connectivity index (χ3n) is 3.18. The molecule has 3 aromatic rings. The Morgan fingerprint density at radius 2 is 2.14 bits per heavy atom. The average Bonchev–Trinajstić information content (AvgIpc) is 2.53. The highest BCUT2D eigenvalue weighted by Crippen LogP contribution is 2.12. The first kappa shape index (κ1) is 17.7. The number of rotatable bonds is 5. The van der Waals surface area contributed by atoms with Crippen LogP contribution in [0.2, 0.25) is 0 Å². The van der Waals surface area contributed by atoms with Crippen LogP contribution < -0.4 is 5.63 Å². The number of carbonyl (C=O) groups excluding carboxylic acids is 1. The van der Waals surface area contributed by atoms with Gasteiger partial charge in [0, 0.05) is 6.42 Å². The van der Waals surface area contributed by atoms with E-state index in [-0.39, 0.29) is 17.7 Å². The second-order valence-corrected chi connectivity index (χ2v) is 5.02. The highest BCUT2D eigenvalue weighted by Gasteiger charge is 2.06. The Morgan fingerprint density at radius 1 is 1.41 bits per heavy atom. The molecule has 0 aliphatic carbocycles. The number of ether oxygens (including phenoxy) is 1. The molecular weight excluding hydrogens is 282 g/mol. The van der Waals surface area contributed by atoms with Crippen molar-refractivity contribution in [2.75, 3.05) is 0 Å². The normalized spacial score (nSPS) is 11.4. The van der Waals surface area contributed by atoms with Gasteiger partial charge in [0.15, 0.2) is 0 Å². The van der Waals surface area contributed by atoms with Crippen molar-refractivity contribution < 1.29 is 13.9 Å². The van der Waals surface area contributed by atoms with Crippen LogP contribution in [-0.4, -0.2) is 12.1 Å². The smallest absolute Gasteiger partial charge is 0.343 e. The number of nitriles is 1. The summed E-state index contributed by atoms with van der Waals surface area (Å²) in [6, 6.07) is 6.72. The van der Waals surface area contributed by atoms with Gasteiger partial charge >= 0.3 is 11.6 Å². The number of benzene rings is 1. The lowest BCUT2D eigenvalue weighted by Gasteiger charge is -2.09. The van der Waals surface area contributed by atoms with Gasteiger partial charge < -0.3 is 9.15 Å². The van der Waals surface area contributed by atoms with E-state index in [1.807, 2.05) is 19.9 Å². The van der Waals surface area contributed by atoms with Gasteiger partial charge in [-0.25, -0.2) is 4.79 Å². The number of hydrogen-bond acceptors (Lipinski definition) is 5. The molecule has 0 aliphatic rings. The van der Waals surface area contributed by atoms with Crippen molar-refractivity contribution in [1.82, 2.24) is 0 Å². The summed E-state index contributed by atoms with van der Waals surface area (Å²) < 4.78 is 9.81. The van der Waals surface area contributed by atoms with Gasteiger partial charge in [0.05, 0.1) is 17.1 Å². The van der Waals surface area contributed by atoms with Crippen LogP contribution >= 0.6 is 0 Å². The summed E-state index contributed by atoms with van der Waals surface area (Å²) in [5, 5.41) is 8.96. The van der Waals surface area contributed by atoms with Gasteiger partial charge in [-0.2, -0.15) is 5.26 Å². The Bertz CT molecular complexity index is 683. The number of esters is 1. The lowest BCUT2D eigenvalue weighted by molar-refractivity contribution is -0.148. The van der Waals surface area contributed by atoms with Gasteiger partial charge in [-0.05, 0) is 38.0 Å². The molecular formula is C17H21NO4. The van der Waals surface area contributed by atoms with Crippen LogP contribution in [0.25, 0.3) is 11.0 Å². The molecule has 22 heavy (non-hydrogen) atoms. The lowest BCUT2D eigenvalue weighted by atomic mass is 10.1. The molecule has 2 bridgehead atoms. The Hall–Kier alpha value is -2.35. The fourth-order valence-electron chi connectivity index (χ4n) is 1.68. The Morgan fingerprint density at radius 3 is 2.59 bits per heavy atom. The van der Waals surface area contributed by atoms with E-state index in [1.54, 1.807) is 12.1 Å². The van der Waals surface area contributed by atoms with Gasteiger partial charge in [-0.3, -0.25) is 4.79 Å². The molecule has 0 spiro atoms. The largest absolute Gasteiger partial charge is 0.463 e. The molecule has 0 aliphatic heterocycles. The summed E-state index contributed by atoms with van der Waals surface area (Å²) in [6.45, 7) is 6.00. The first-order valence-corrected chi connectivity index (χ1v) is 7.47. The number of nitrogens with zero attached hydrogens (tertiary/aromatic N) is 1. The molecule has 118 valence electrons. The van der Waals surface area contributed by atoms with Crippen LogP contribution in [0.3, 0.4) is 0 Å². The van der Waals surface area contributed by atoms with Crippen molar-refractivity contribution in [3.63, 3.8) is 0 Å². The van der Waals surface area contributed by atoms with Gasteiger partial charge in [0.25, 0.3) is 0 Å². The second-order valence-electron chi connectivity index (χ2n) is 5.02. The Labute approximate surface area is 129 Å². The quantitative estimate of drug-likeness (QED) is 0.788. The first-order valence-electron chi connectivity index (χ1n) is 7.47. The molecule has 0 amide bonds. The lowest BCUT2D eigenvalue weighted by Crippen LogP contribution is -2.13. The molecule has 0 fully saturated rings. The van der Waals surface area contributed by atoms with E-state index >= 15 is 0 Å².